The minimum Gasteiger partial charge on any atom is -0.493 e. The molecule has 3 aromatic rings. The molecule has 1 saturated heterocycles. The Kier molecular flexibility index (Phi) is 5.02. The Balaban J connectivity index is 1.80. The molecule has 1 aliphatic heterocycles. The fourth-order valence-electron chi connectivity index (χ4n) is 3.01. The number of nitrogens with zero attached hydrogens (tertiary/aromatic N) is 1. The van der Waals surface area contributed by atoms with Crippen LogP contribution < -0.4 is 10.1 Å². The van der Waals surface area contributed by atoms with Gasteiger partial charge in [-0.05, 0) is 42.4 Å². The van der Waals surface area contributed by atoms with Crippen LogP contribution in [-0.2, 0) is 11.0 Å². The first-order valence-corrected chi connectivity index (χ1v) is 9.54. The van der Waals surface area contributed by atoms with Gasteiger partial charge in [0.25, 0.3) is 11.1 Å². The van der Waals surface area contributed by atoms with Gasteiger partial charge in [0.1, 0.15) is 17.1 Å². The van der Waals surface area contributed by atoms with Crippen LogP contribution in [0.2, 0.25) is 0 Å². The summed E-state index contributed by atoms with van der Waals surface area (Å²) in [6.45, 7) is 1.71. The van der Waals surface area contributed by atoms with E-state index in [4.69, 9.17) is 9.15 Å². The molecular formula is C20H13F3N2O4S. The number of pyridine rings is 1. The molecule has 0 unspecified atom stereocenters. The molecule has 154 valence electrons. The van der Waals surface area contributed by atoms with E-state index in [-0.39, 0.29) is 28.6 Å². The number of ether oxygens (including phenoxy) is 1. The SMILES string of the molecule is CCOc1ccc(-c2cncc3cc(C=C4SC(=O)NC4=O)oc23)cc1C(F)(F)F. The maximum Gasteiger partial charge on any atom is 0.419 e. The summed E-state index contributed by atoms with van der Waals surface area (Å²) in [6, 6.07) is 5.34. The van der Waals surface area contributed by atoms with Crippen LogP contribution in [0.3, 0.4) is 0 Å². The number of rotatable bonds is 4. The highest BCUT2D eigenvalue weighted by molar-refractivity contribution is 8.18. The molecule has 1 aromatic carbocycles. The second-order valence-electron chi connectivity index (χ2n) is 6.25. The number of hydrogen-bond acceptors (Lipinski definition) is 6. The van der Waals surface area contributed by atoms with Crippen molar-refractivity contribution in [1.29, 1.82) is 0 Å². The maximum atomic E-state index is 13.5. The molecule has 1 N–H and O–H groups in total. The van der Waals surface area contributed by atoms with E-state index in [0.717, 1.165) is 17.8 Å². The molecule has 0 aliphatic carbocycles. The predicted octanol–water partition coefficient (Wildman–Crippen LogP) is 5.24. The minimum atomic E-state index is -4.60. The minimum absolute atomic E-state index is 0.101. The molecule has 6 nitrogen and oxygen atoms in total. The highest BCUT2D eigenvalue weighted by atomic mass is 32.2. The quantitative estimate of drug-likeness (QED) is 0.566. The number of hydrogen-bond donors (Lipinski definition) is 1. The van der Waals surface area contributed by atoms with E-state index < -0.39 is 22.9 Å². The Labute approximate surface area is 172 Å². The standard InChI is InChI=1S/C20H13F3N2O4S/c1-2-28-15-4-3-10(6-14(15)20(21,22)23)13-9-24-8-11-5-12(29-17(11)13)7-16-18(26)25-19(27)30-16/h3-9H,2H2,1H3,(H,25,26,27). The first kappa shape index (κ1) is 20.0. The first-order valence-electron chi connectivity index (χ1n) is 8.73. The number of furan rings is 1. The average Bonchev–Trinajstić information content (AvgIpc) is 3.23. The van der Waals surface area contributed by atoms with Crippen LogP contribution >= 0.6 is 11.8 Å². The number of fused-ring (bicyclic) bond motifs is 1. The molecule has 0 atom stereocenters. The molecule has 0 bridgehead atoms. The number of carbonyl (C=O) groups excluding carboxylic acids is 2. The van der Waals surface area contributed by atoms with E-state index in [9.17, 15) is 22.8 Å². The molecule has 4 rings (SSSR count). The second kappa shape index (κ2) is 7.52. The van der Waals surface area contributed by atoms with Crippen LogP contribution in [0.1, 0.15) is 18.2 Å². The van der Waals surface area contributed by atoms with Crippen molar-refractivity contribution in [3.63, 3.8) is 0 Å². The largest absolute Gasteiger partial charge is 0.493 e. The Hall–Kier alpha value is -3.27. The normalized spacial score (nSPS) is 15.8. The zero-order valence-corrected chi connectivity index (χ0v) is 16.2. The third-order valence-corrected chi connectivity index (χ3v) is 5.06. The monoisotopic (exact) mass is 434 g/mol. The predicted molar refractivity (Wildman–Crippen MR) is 105 cm³/mol. The van der Waals surface area contributed by atoms with Gasteiger partial charge < -0.3 is 9.15 Å². The van der Waals surface area contributed by atoms with Crippen LogP contribution in [0.25, 0.3) is 28.2 Å². The lowest BCUT2D eigenvalue weighted by Crippen LogP contribution is -2.17. The number of thioether (sulfide) groups is 1. The second-order valence-corrected chi connectivity index (χ2v) is 7.26. The van der Waals surface area contributed by atoms with E-state index in [2.05, 4.69) is 10.3 Å². The van der Waals surface area contributed by atoms with Gasteiger partial charge in [-0.25, -0.2) is 0 Å². The van der Waals surface area contributed by atoms with Gasteiger partial charge in [0.15, 0.2) is 0 Å². The smallest absolute Gasteiger partial charge is 0.419 e. The van der Waals surface area contributed by atoms with E-state index in [0.29, 0.717) is 16.5 Å². The molecule has 2 aromatic heterocycles. The van der Waals surface area contributed by atoms with Gasteiger partial charge in [-0.1, -0.05) is 6.07 Å². The summed E-state index contributed by atoms with van der Waals surface area (Å²) in [5.74, 6) is -0.522. The van der Waals surface area contributed by atoms with Crippen molar-refractivity contribution in [2.24, 2.45) is 0 Å². The summed E-state index contributed by atoms with van der Waals surface area (Å²) in [6.07, 6.45) is -0.302. The van der Waals surface area contributed by atoms with Crippen molar-refractivity contribution in [1.82, 2.24) is 10.3 Å². The van der Waals surface area contributed by atoms with Crippen LogP contribution in [0.4, 0.5) is 18.0 Å². The summed E-state index contributed by atoms with van der Waals surface area (Å²) in [5, 5.41) is 2.19. The van der Waals surface area contributed by atoms with Gasteiger partial charge in [-0.2, -0.15) is 13.2 Å². The van der Waals surface area contributed by atoms with Crippen molar-refractivity contribution >= 4 is 40.0 Å². The number of aromatic nitrogens is 1. The van der Waals surface area contributed by atoms with E-state index in [1.165, 1.54) is 30.6 Å². The van der Waals surface area contributed by atoms with E-state index >= 15 is 0 Å². The fraction of sp³-hybridized carbons (Fsp3) is 0.150. The number of nitrogens with one attached hydrogen (secondary N) is 1. The maximum absolute atomic E-state index is 13.5. The number of carbonyl (C=O) groups is 2. The third-order valence-electron chi connectivity index (χ3n) is 4.25. The Morgan fingerprint density at radius 2 is 2.03 bits per heavy atom. The Morgan fingerprint density at radius 1 is 1.23 bits per heavy atom. The molecule has 0 saturated carbocycles. The van der Waals surface area contributed by atoms with Gasteiger partial charge in [0.05, 0.1) is 17.1 Å². The molecule has 0 spiro atoms. The van der Waals surface area contributed by atoms with Crippen LogP contribution in [0.15, 0.2) is 46.0 Å². The number of halogens is 3. The lowest BCUT2D eigenvalue weighted by Gasteiger charge is -2.14. The number of benzene rings is 1. The van der Waals surface area contributed by atoms with Crippen molar-refractivity contribution in [2.45, 2.75) is 13.1 Å². The summed E-state index contributed by atoms with van der Waals surface area (Å²) in [7, 11) is 0. The topological polar surface area (TPSA) is 81.4 Å². The molecule has 0 radical (unpaired) electrons. The average molecular weight is 434 g/mol. The molecule has 2 amide bonds. The van der Waals surface area contributed by atoms with Gasteiger partial charge >= 0.3 is 6.18 Å². The summed E-state index contributed by atoms with van der Waals surface area (Å²) >= 11 is 0.737. The van der Waals surface area contributed by atoms with Crippen LogP contribution in [0, 0.1) is 0 Å². The number of alkyl halides is 3. The van der Waals surface area contributed by atoms with Crippen LogP contribution in [-0.4, -0.2) is 22.7 Å². The Morgan fingerprint density at radius 3 is 2.70 bits per heavy atom. The molecular weight excluding hydrogens is 421 g/mol. The number of amides is 2. The molecule has 1 fully saturated rings. The van der Waals surface area contributed by atoms with Gasteiger partial charge in [-0.15, -0.1) is 0 Å². The molecule has 1 aliphatic rings. The number of imide groups is 1. The molecule has 30 heavy (non-hydrogen) atoms. The summed E-state index contributed by atoms with van der Waals surface area (Å²) in [5.41, 5.74) is 0.0139. The van der Waals surface area contributed by atoms with Crippen molar-refractivity contribution in [3.05, 3.63) is 52.9 Å². The van der Waals surface area contributed by atoms with Crippen molar-refractivity contribution < 1.29 is 31.9 Å². The highest BCUT2D eigenvalue weighted by Crippen LogP contribution is 2.40. The lowest BCUT2D eigenvalue weighted by molar-refractivity contribution is -0.138. The zero-order chi connectivity index (χ0) is 21.5. The fourth-order valence-corrected chi connectivity index (χ4v) is 3.67. The van der Waals surface area contributed by atoms with Gasteiger partial charge in [-0.3, -0.25) is 19.9 Å². The highest BCUT2D eigenvalue weighted by Gasteiger charge is 2.35. The van der Waals surface area contributed by atoms with Crippen molar-refractivity contribution in [3.8, 4) is 16.9 Å². The Bertz CT molecular complexity index is 1200. The van der Waals surface area contributed by atoms with Gasteiger partial charge in [0.2, 0.25) is 0 Å². The molecule has 3 heterocycles. The zero-order valence-electron chi connectivity index (χ0n) is 15.4. The third kappa shape index (κ3) is 3.78. The lowest BCUT2D eigenvalue weighted by atomic mass is 10.0. The summed E-state index contributed by atoms with van der Waals surface area (Å²) in [4.78, 5) is 27.3. The van der Waals surface area contributed by atoms with Crippen molar-refractivity contribution in [2.75, 3.05) is 6.61 Å². The van der Waals surface area contributed by atoms with Crippen LogP contribution in [0.5, 0.6) is 5.75 Å². The summed E-state index contributed by atoms with van der Waals surface area (Å²) < 4.78 is 51.3. The van der Waals surface area contributed by atoms with E-state index in [1.807, 2.05) is 0 Å². The first-order chi connectivity index (χ1) is 14.3. The molecule has 10 heteroatoms. The van der Waals surface area contributed by atoms with Gasteiger partial charge in [0, 0.05) is 29.4 Å². The van der Waals surface area contributed by atoms with E-state index in [1.54, 1.807) is 13.0 Å².